The van der Waals surface area contributed by atoms with E-state index in [0.29, 0.717) is 10.0 Å². The molecule has 1 heterocycles. The van der Waals surface area contributed by atoms with Crippen molar-refractivity contribution < 1.29 is 0 Å². The van der Waals surface area contributed by atoms with Crippen LogP contribution in [0.3, 0.4) is 0 Å². The van der Waals surface area contributed by atoms with Gasteiger partial charge < -0.3 is 10.3 Å². The Morgan fingerprint density at radius 2 is 2.25 bits per heavy atom. The maximum atomic E-state index is 6.17. The van der Waals surface area contributed by atoms with Crippen LogP contribution in [0.25, 0.3) is 5.69 Å². The van der Waals surface area contributed by atoms with Crippen LogP contribution in [-0.4, -0.2) is 14.5 Å². The summed E-state index contributed by atoms with van der Waals surface area (Å²) >= 11 is 11.1. The van der Waals surface area contributed by atoms with Gasteiger partial charge in [0, 0.05) is 18.0 Å². The van der Waals surface area contributed by atoms with Gasteiger partial charge in [-0.05, 0) is 25.1 Å². The lowest BCUT2D eigenvalue weighted by Gasteiger charge is -2.08. The zero-order chi connectivity index (χ0) is 11.7. The molecule has 0 unspecified atom stereocenters. The third-order valence-electron chi connectivity index (χ3n) is 2.32. The van der Waals surface area contributed by atoms with Crippen LogP contribution in [0.5, 0.6) is 0 Å². The number of halogens is 1. The van der Waals surface area contributed by atoms with E-state index >= 15 is 0 Å². The van der Waals surface area contributed by atoms with Gasteiger partial charge in [-0.2, -0.15) is 0 Å². The van der Waals surface area contributed by atoms with Gasteiger partial charge in [0.1, 0.15) is 10.8 Å². The van der Waals surface area contributed by atoms with Crippen LogP contribution in [0.15, 0.2) is 30.6 Å². The number of aromatic nitrogens is 2. The average Bonchev–Trinajstić information content (AvgIpc) is 2.64. The highest BCUT2D eigenvalue weighted by Gasteiger charge is 2.07. The highest BCUT2D eigenvalue weighted by atomic mass is 35.5. The van der Waals surface area contributed by atoms with Gasteiger partial charge >= 0.3 is 0 Å². The van der Waals surface area contributed by atoms with Crippen LogP contribution in [0.1, 0.15) is 11.4 Å². The molecule has 0 bridgehead atoms. The molecule has 5 heteroatoms. The SMILES string of the molecule is Cc1nccn1-c1ccc(C(N)=S)cc1Cl. The molecule has 0 radical (unpaired) electrons. The third-order valence-corrected chi connectivity index (χ3v) is 2.86. The van der Waals surface area contributed by atoms with Crippen LogP contribution in [-0.2, 0) is 0 Å². The third kappa shape index (κ3) is 1.94. The monoisotopic (exact) mass is 251 g/mol. The first-order valence-corrected chi connectivity index (χ1v) is 5.48. The Kier molecular flexibility index (Phi) is 2.94. The molecule has 3 nitrogen and oxygen atoms in total. The van der Waals surface area contributed by atoms with E-state index in [9.17, 15) is 0 Å². The van der Waals surface area contributed by atoms with Gasteiger partial charge in [0.25, 0.3) is 0 Å². The van der Waals surface area contributed by atoms with Gasteiger partial charge in [-0.25, -0.2) is 4.98 Å². The lowest BCUT2D eigenvalue weighted by Crippen LogP contribution is -2.09. The van der Waals surface area contributed by atoms with E-state index in [0.717, 1.165) is 17.1 Å². The molecule has 0 aliphatic heterocycles. The number of benzene rings is 1. The van der Waals surface area contributed by atoms with Crippen molar-refractivity contribution in [1.82, 2.24) is 9.55 Å². The number of rotatable bonds is 2. The van der Waals surface area contributed by atoms with Crippen molar-refractivity contribution in [3.05, 3.63) is 47.0 Å². The van der Waals surface area contributed by atoms with E-state index in [-0.39, 0.29) is 0 Å². The summed E-state index contributed by atoms with van der Waals surface area (Å²) in [7, 11) is 0. The number of aryl methyl sites for hydroxylation is 1. The molecule has 2 rings (SSSR count). The molecular formula is C11H10ClN3S. The van der Waals surface area contributed by atoms with Crippen LogP contribution in [0.4, 0.5) is 0 Å². The topological polar surface area (TPSA) is 43.8 Å². The minimum absolute atomic E-state index is 0.343. The first kappa shape index (κ1) is 11.1. The van der Waals surface area contributed by atoms with Gasteiger partial charge in [-0.3, -0.25) is 0 Å². The molecule has 0 aliphatic rings. The minimum Gasteiger partial charge on any atom is -0.389 e. The van der Waals surface area contributed by atoms with Crippen LogP contribution in [0, 0.1) is 6.92 Å². The second-order valence-electron chi connectivity index (χ2n) is 3.37. The Bertz CT molecular complexity index is 548. The molecule has 0 saturated carbocycles. The Morgan fingerprint density at radius 1 is 1.50 bits per heavy atom. The van der Waals surface area contributed by atoms with E-state index in [1.54, 1.807) is 12.3 Å². The fraction of sp³-hybridized carbons (Fsp3) is 0.0909. The summed E-state index contributed by atoms with van der Waals surface area (Å²) in [5.41, 5.74) is 7.17. The molecule has 16 heavy (non-hydrogen) atoms. The fourth-order valence-electron chi connectivity index (χ4n) is 1.49. The molecule has 0 aliphatic carbocycles. The molecule has 0 atom stereocenters. The summed E-state index contributed by atoms with van der Waals surface area (Å²) < 4.78 is 1.91. The molecule has 0 spiro atoms. The highest BCUT2D eigenvalue weighted by Crippen LogP contribution is 2.22. The van der Waals surface area contributed by atoms with Gasteiger partial charge in [-0.15, -0.1) is 0 Å². The molecule has 0 saturated heterocycles. The van der Waals surface area contributed by atoms with Gasteiger partial charge in [0.15, 0.2) is 0 Å². The Labute approximate surface area is 104 Å². The first-order valence-electron chi connectivity index (χ1n) is 4.69. The van der Waals surface area contributed by atoms with Crippen LogP contribution < -0.4 is 5.73 Å². The smallest absolute Gasteiger partial charge is 0.110 e. The summed E-state index contributed by atoms with van der Waals surface area (Å²) in [6, 6.07) is 5.49. The second-order valence-corrected chi connectivity index (χ2v) is 4.22. The number of nitrogens with two attached hydrogens (primary N) is 1. The maximum absolute atomic E-state index is 6.17. The standard InChI is InChI=1S/C11H10ClN3S/c1-7-14-4-5-15(7)10-3-2-8(11(13)16)6-9(10)12/h2-6H,1H3,(H2,13,16). The highest BCUT2D eigenvalue weighted by molar-refractivity contribution is 7.80. The van der Waals surface area contributed by atoms with E-state index in [1.165, 1.54) is 0 Å². The Balaban J connectivity index is 2.52. The summed E-state index contributed by atoms with van der Waals surface area (Å²) in [6.07, 6.45) is 3.59. The largest absolute Gasteiger partial charge is 0.389 e. The predicted octanol–water partition coefficient (Wildman–Crippen LogP) is 2.47. The zero-order valence-corrected chi connectivity index (χ0v) is 10.2. The molecule has 2 N–H and O–H groups in total. The van der Waals surface area contributed by atoms with Crippen molar-refractivity contribution >= 4 is 28.8 Å². The van der Waals surface area contributed by atoms with Crippen molar-refractivity contribution in [2.45, 2.75) is 6.92 Å². The predicted molar refractivity (Wildman–Crippen MR) is 69.2 cm³/mol. The molecular weight excluding hydrogens is 242 g/mol. The molecule has 0 fully saturated rings. The van der Waals surface area contributed by atoms with Crippen LogP contribution in [0.2, 0.25) is 5.02 Å². The van der Waals surface area contributed by atoms with Gasteiger partial charge in [0.05, 0.1) is 10.7 Å². The number of thiocarbonyl (C=S) groups is 1. The molecule has 1 aromatic heterocycles. The lowest BCUT2D eigenvalue weighted by atomic mass is 10.2. The number of nitrogens with zero attached hydrogens (tertiary/aromatic N) is 2. The quantitative estimate of drug-likeness (QED) is 0.834. The van der Waals surface area contributed by atoms with E-state index in [4.69, 9.17) is 29.6 Å². The summed E-state index contributed by atoms with van der Waals surface area (Å²) in [4.78, 5) is 4.49. The second kappa shape index (κ2) is 4.23. The summed E-state index contributed by atoms with van der Waals surface area (Å²) in [5.74, 6) is 0.880. The lowest BCUT2D eigenvalue weighted by molar-refractivity contribution is 0.975. The summed E-state index contributed by atoms with van der Waals surface area (Å²) in [5, 5.41) is 0.603. The number of imidazole rings is 1. The first-order chi connectivity index (χ1) is 7.59. The van der Waals surface area contributed by atoms with E-state index < -0.39 is 0 Å². The minimum atomic E-state index is 0.343. The molecule has 82 valence electrons. The van der Waals surface area contributed by atoms with E-state index in [2.05, 4.69) is 4.98 Å². The van der Waals surface area contributed by atoms with Crippen molar-refractivity contribution in [1.29, 1.82) is 0 Å². The normalized spacial score (nSPS) is 10.4. The molecule has 1 aromatic carbocycles. The van der Waals surface area contributed by atoms with Crippen molar-refractivity contribution in [3.8, 4) is 5.69 Å². The van der Waals surface area contributed by atoms with E-state index in [1.807, 2.05) is 29.8 Å². The van der Waals surface area contributed by atoms with Gasteiger partial charge in [0.2, 0.25) is 0 Å². The van der Waals surface area contributed by atoms with Crippen molar-refractivity contribution in [2.75, 3.05) is 0 Å². The number of hydrogen-bond donors (Lipinski definition) is 1. The van der Waals surface area contributed by atoms with Crippen molar-refractivity contribution in [3.63, 3.8) is 0 Å². The average molecular weight is 252 g/mol. The van der Waals surface area contributed by atoms with Crippen molar-refractivity contribution in [2.24, 2.45) is 5.73 Å². The van der Waals surface area contributed by atoms with Crippen LogP contribution >= 0.6 is 23.8 Å². The maximum Gasteiger partial charge on any atom is 0.110 e. The number of hydrogen-bond acceptors (Lipinski definition) is 2. The molecule has 2 aromatic rings. The summed E-state index contributed by atoms with van der Waals surface area (Å²) in [6.45, 7) is 1.91. The Hall–Kier alpha value is -1.39. The van der Waals surface area contributed by atoms with Gasteiger partial charge in [-0.1, -0.05) is 23.8 Å². The Morgan fingerprint density at radius 3 is 2.75 bits per heavy atom. The fourth-order valence-corrected chi connectivity index (χ4v) is 1.89. The molecule has 0 amide bonds. The zero-order valence-electron chi connectivity index (χ0n) is 8.64.